The molecule has 0 aliphatic heterocycles. The molecule has 0 amide bonds. The third kappa shape index (κ3) is 3.34. The van der Waals surface area contributed by atoms with Gasteiger partial charge in [0.15, 0.2) is 0 Å². The van der Waals surface area contributed by atoms with Gasteiger partial charge in [0.05, 0.1) is 28.5 Å². The quantitative estimate of drug-likeness (QED) is 0.677. The number of pyridine rings is 1. The molecule has 1 atom stereocenters. The minimum atomic E-state index is -0.0777. The van der Waals surface area contributed by atoms with Crippen molar-refractivity contribution in [2.75, 3.05) is 0 Å². The molecule has 3 heterocycles. The molecule has 1 aliphatic carbocycles. The van der Waals surface area contributed by atoms with E-state index < -0.39 is 0 Å². The van der Waals surface area contributed by atoms with E-state index in [1.165, 1.54) is 24.8 Å². The fourth-order valence-corrected chi connectivity index (χ4v) is 3.91. The highest BCUT2D eigenvalue weighted by molar-refractivity contribution is 5.85. The summed E-state index contributed by atoms with van der Waals surface area (Å²) in [5.74, 6) is 0.592. The first-order valence-corrected chi connectivity index (χ1v) is 9.82. The van der Waals surface area contributed by atoms with Crippen molar-refractivity contribution in [3.63, 3.8) is 0 Å². The summed E-state index contributed by atoms with van der Waals surface area (Å²) in [6, 6.07) is 9.48. The minimum Gasteiger partial charge on any atom is -0.268 e. The number of allylic oxidation sites excluding steroid dienone is 1. The SMILES string of the molecule is CC1CCCCC1=Cc1nn2ccccc2c1-c1ccc(=O)n(C(C)C)n1. The second-order valence-corrected chi connectivity index (χ2v) is 7.75. The Morgan fingerprint density at radius 1 is 1.15 bits per heavy atom. The van der Waals surface area contributed by atoms with E-state index in [0.717, 1.165) is 28.9 Å². The van der Waals surface area contributed by atoms with Crippen LogP contribution in [0.1, 0.15) is 58.2 Å². The number of rotatable bonds is 3. The van der Waals surface area contributed by atoms with E-state index in [2.05, 4.69) is 24.2 Å². The smallest absolute Gasteiger partial charge is 0.267 e. The van der Waals surface area contributed by atoms with Gasteiger partial charge in [-0.15, -0.1) is 0 Å². The molecule has 0 aromatic carbocycles. The topological polar surface area (TPSA) is 52.2 Å². The monoisotopic (exact) mass is 362 g/mol. The van der Waals surface area contributed by atoms with Crippen LogP contribution in [0.2, 0.25) is 0 Å². The summed E-state index contributed by atoms with van der Waals surface area (Å²) < 4.78 is 3.45. The number of hydrogen-bond acceptors (Lipinski definition) is 3. The molecule has 27 heavy (non-hydrogen) atoms. The largest absolute Gasteiger partial charge is 0.268 e. The average molecular weight is 362 g/mol. The molecule has 1 fully saturated rings. The maximum Gasteiger partial charge on any atom is 0.267 e. The van der Waals surface area contributed by atoms with Gasteiger partial charge in [0.25, 0.3) is 5.56 Å². The minimum absolute atomic E-state index is 0.0134. The van der Waals surface area contributed by atoms with Gasteiger partial charge in [0.1, 0.15) is 0 Å². The number of nitrogens with zero attached hydrogens (tertiary/aromatic N) is 4. The van der Waals surface area contributed by atoms with Gasteiger partial charge >= 0.3 is 0 Å². The van der Waals surface area contributed by atoms with E-state index >= 15 is 0 Å². The van der Waals surface area contributed by atoms with Crippen molar-refractivity contribution in [1.82, 2.24) is 19.4 Å². The zero-order chi connectivity index (χ0) is 19.0. The summed E-state index contributed by atoms with van der Waals surface area (Å²) >= 11 is 0. The first-order chi connectivity index (χ1) is 13.0. The summed E-state index contributed by atoms with van der Waals surface area (Å²) in [4.78, 5) is 12.2. The van der Waals surface area contributed by atoms with Crippen molar-refractivity contribution >= 4 is 11.6 Å². The molecular weight excluding hydrogens is 336 g/mol. The van der Waals surface area contributed by atoms with Crippen LogP contribution in [0.5, 0.6) is 0 Å². The van der Waals surface area contributed by atoms with Crippen LogP contribution < -0.4 is 5.56 Å². The maximum absolute atomic E-state index is 12.2. The van der Waals surface area contributed by atoms with Gasteiger partial charge in [-0.3, -0.25) is 4.79 Å². The van der Waals surface area contributed by atoms with Gasteiger partial charge in [-0.2, -0.15) is 10.2 Å². The third-order valence-corrected chi connectivity index (χ3v) is 5.45. The number of hydrogen-bond donors (Lipinski definition) is 0. The van der Waals surface area contributed by atoms with E-state index in [1.54, 1.807) is 10.7 Å². The van der Waals surface area contributed by atoms with Crippen LogP contribution >= 0.6 is 0 Å². The van der Waals surface area contributed by atoms with Crippen LogP contribution in [0.4, 0.5) is 0 Å². The summed E-state index contributed by atoms with van der Waals surface area (Å²) in [7, 11) is 0. The van der Waals surface area contributed by atoms with Crippen molar-refractivity contribution in [2.24, 2.45) is 5.92 Å². The van der Waals surface area contributed by atoms with Gasteiger partial charge in [0.2, 0.25) is 0 Å². The number of aromatic nitrogens is 4. The number of fused-ring (bicyclic) bond motifs is 1. The molecule has 5 heteroatoms. The first kappa shape index (κ1) is 17.7. The first-order valence-electron chi connectivity index (χ1n) is 9.82. The molecule has 0 saturated heterocycles. The molecule has 4 rings (SSSR count). The van der Waals surface area contributed by atoms with Gasteiger partial charge in [-0.05, 0) is 63.3 Å². The van der Waals surface area contributed by atoms with Gasteiger partial charge < -0.3 is 0 Å². The molecule has 0 N–H and O–H groups in total. The Hall–Kier alpha value is -2.69. The Morgan fingerprint density at radius 2 is 2.00 bits per heavy atom. The molecule has 0 bridgehead atoms. The van der Waals surface area contributed by atoms with Crippen molar-refractivity contribution in [2.45, 2.75) is 52.5 Å². The molecule has 0 spiro atoms. The lowest BCUT2D eigenvalue weighted by atomic mass is 9.85. The van der Waals surface area contributed by atoms with E-state index in [4.69, 9.17) is 5.10 Å². The van der Waals surface area contributed by atoms with Crippen LogP contribution in [0.15, 0.2) is 46.9 Å². The van der Waals surface area contributed by atoms with Crippen molar-refractivity contribution in [3.05, 3.63) is 58.1 Å². The van der Waals surface area contributed by atoms with Crippen molar-refractivity contribution < 1.29 is 0 Å². The zero-order valence-electron chi connectivity index (χ0n) is 16.2. The van der Waals surface area contributed by atoms with E-state index in [1.807, 2.05) is 42.8 Å². The predicted octanol–water partition coefficient (Wildman–Crippen LogP) is 4.73. The molecule has 3 aromatic heterocycles. The Kier molecular flexibility index (Phi) is 4.68. The van der Waals surface area contributed by atoms with Crippen LogP contribution in [-0.2, 0) is 0 Å². The van der Waals surface area contributed by atoms with Crippen molar-refractivity contribution in [1.29, 1.82) is 0 Å². The molecule has 1 saturated carbocycles. The van der Waals surface area contributed by atoms with E-state index in [0.29, 0.717) is 5.92 Å². The molecule has 1 unspecified atom stereocenters. The summed E-state index contributed by atoms with van der Waals surface area (Å²) in [5.41, 5.74) is 5.12. The molecule has 3 aromatic rings. The second-order valence-electron chi connectivity index (χ2n) is 7.75. The highest BCUT2D eigenvalue weighted by Crippen LogP contribution is 2.34. The van der Waals surface area contributed by atoms with Crippen LogP contribution in [0.25, 0.3) is 22.9 Å². The second kappa shape index (κ2) is 7.14. The maximum atomic E-state index is 12.2. The molecule has 5 nitrogen and oxygen atoms in total. The Bertz CT molecular complexity index is 1060. The predicted molar refractivity (Wildman–Crippen MR) is 109 cm³/mol. The lowest BCUT2D eigenvalue weighted by Gasteiger charge is -2.21. The van der Waals surface area contributed by atoms with Gasteiger partial charge in [-0.1, -0.05) is 25.0 Å². The van der Waals surface area contributed by atoms with Crippen LogP contribution in [0, 0.1) is 5.92 Å². The zero-order valence-corrected chi connectivity index (χ0v) is 16.2. The molecular formula is C22H26N4O. The highest BCUT2D eigenvalue weighted by Gasteiger charge is 2.19. The Labute approximate surface area is 159 Å². The fourth-order valence-electron chi connectivity index (χ4n) is 3.91. The summed E-state index contributed by atoms with van der Waals surface area (Å²) in [6.45, 7) is 6.25. The van der Waals surface area contributed by atoms with E-state index in [-0.39, 0.29) is 11.6 Å². The van der Waals surface area contributed by atoms with Gasteiger partial charge in [0, 0.05) is 12.3 Å². The normalized spacial score (nSPS) is 19.3. The van der Waals surface area contributed by atoms with E-state index in [9.17, 15) is 4.79 Å². The Morgan fingerprint density at radius 3 is 2.78 bits per heavy atom. The average Bonchev–Trinajstić information content (AvgIpc) is 3.02. The van der Waals surface area contributed by atoms with Crippen LogP contribution in [0.3, 0.4) is 0 Å². The standard InChI is InChI=1S/C22H26N4O/c1-15(2)26-21(27)12-11-18(24-26)22-19(14-17-9-5-4-8-16(17)3)23-25-13-7-6-10-20(22)25/h6-7,10-16H,4-5,8-9H2,1-3H3. The van der Waals surface area contributed by atoms with Gasteiger partial charge in [-0.25, -0.2) is 9.20 Å². The molecule has 0 radical (unpaired) electrons. The molecule has 140 valence electrons. The van der Waals surface area contributed by atoms with Crippen LogP contribution in [-0.4, -0.2) is 19.4 Å². The lowest BCUT2D eigenvalue weighted by molar-refractivity contribution is 0.487. The third-order valence-electron chi connectivity index (χ3n) is 5.45. The van der Waals surface area contributed by atoms with Crippen molar-refractivity contribution in [3.8, 4) is 11.3 Å². The summed E-state index contributed by atoms with van der Waals surface area (Å²) in [5, 5.41) is 9.49. The highest BCUT2D eigenvalue weighted by atomic mass is 16.1. The Balaban J connectivity index is 1.93. The lowest BCUT2D eigenvalue weighted by Crippen LogP contribution is -2.23. The molecule has 1 aliphatic rings. The fraction of sp³-hybridized carbons (Fsp3) is 0.409. The summed E-state index contributed by atoms with van der Waals surface area (Å²) in [6.07, 6.45) is 9.13.